The first kappa shape index (κ1) is 29.5. The summed E-state index contributed by atoms with van der Waals surface area (Å²) in [7, 11) is 0. The molecule has 0 atom stereocenters. The van der Waals surface area contributed by atoms with Gasteiger partial charge in [-0.15, -0.1) is 0 Å². The van der Waals surface area contributed by atoms with Gasteiger partial charge in [0.25, 0.3) is 0 Å². The Labute approximate surface area is 304 Å². The molecule has 53 heavy (non-hydrogen) atoms. The summed E-state index contributed by atoms with van der Waals surface area (Å²) in [4.78, 5) is 9.41. The second kappa shape index (κ2) is 11.7. The second-order valence-corrected chi connectivity index (χ2v) is 13.5. The van der Waals surface area contributed by atoms with Crippen molar-refractivity contribution in [1.29, 1.82) is 0 Å². The summed E-state index contributed by atoms with van der Waals surface area (Å²) in [5.74, 6) is 0.903. The quantitative estimate of drug-likeness (QED) is 0.182. The third-order valence-electron chi connectivity index (χ3n) is 10.5. The lowest BCUT2D eigenvalue weighted by Gasteiger charge is -2.13. The van der Waals surface area contributed by atoms with Crippen molar-refractivity contribution < 1.29 is 4.42 Å². The van der Waals surface area contributed by atoms with Crippen molar-refractivity contribution >= 4 is 54.8 Å². The van der Waals surface area contributed by atoms with E-state index in [-0.39, 0.29) is 0 Å². The molecule has 4 heterocycles. The number of imidazole rings is 1. The van der Waals surface area contributed by atoms with Crippen LogP contribution in [0.4, 0.5) is 0 Å². The van der Waals surface area contributed by atoms with Gasteiger partial charge >= 0.3 is 0 Å². The van der Waals surface area contributed by atoms with Crippen LogP contribution >= 0.6 is 0 Å². The lowest BCUT2D eigenvalue weighted by atomic mass is 10.0. The lowest BCUT2D eigenvalue weighted by Crippen LogP contribution is -1.99. The number of para-hydroxylation sites is 5. The standard InChI is InChI=1S/C48H30N4O/c1-4-15-43-38(10-1)41-29-33(37-12-7-13-40-39-11-2-6-17-46(39)53-47(37)40)22-27-44(41)51(43)35-23-25-36(26-24-35)52-45-16-5-3-14-42(45)50-48(52)32-20-18-31(19-21-32)34-9-8-28-49-30-34/h1-30H. The van der Waals surface area contributed by atoms with Gasteiger partial charge < -0.3 is 8.98 Å². The van der Waals surface area contributed by atoms with E-state index in [1.807, 2.05) is 30.5 Å². The van der Waals surface area contributed by atoms with E-state index in [0.717, 1.165) is 89.0 Å². The molecule has 0 saturated heterocycles. The number of nitrogens with zero attached hydrogens (tertiary/aromatic N) is 4. The average Bonchev–Trinajstić information content (AvgIpc) is 3.91. The number of fused-ring (bicyclic) bond motifs is 7. The molecule has 0 amide bonds. The number of benzene rings is 7. The third kappa shape index (κ3) is 4.64. The van der Waals surface area contributed by atoms with E-state index in [1.165, 1.54) is 10.8 Å². The number of aromatic nitrogens is 4. The SMILES string of the molecule is c1cncc(-c2ccc(-c3nc4ccccc4n3-c3ccc(-n4c5ccccc5c5cc(-c6cccc7c6oc6ccccc67)ccc54)cc3)cc2)c1. The Morgan fingerprint density at radius 1 is 0.434 bits per heavy atom. The molecular formula is C48H30N4O. The van der Waals surface area contributed by atoms with Crippen LogP contribution in [0.5, 0.6) is 0 Å². The minimum atomic E-state index is 0.903. The van der Waals surface area contributed by atoms with Crippen molar-refractivity contribution in [1.82, 2.24) is 19.1 Å². The molecule has 0 radical (unpaired) electrons. The van der Waals surface area contributed by atoms with Gasteiger partial charge in [-0.3, -0.25) is 9.55 Å². The summed E-state index contributed by atoms with van der Waals surface area (Å²) in [6, 6.07) is 59.9. The monoisotopic (exact) mass is 678 g/mol. The van der Waals surface area contributed by atoms with Crippen LogP contribution in [-0.2, 0) is 0 Å². The molecule has 0 fully saturated rings. The summed E-state index contributed by atoms with van der Waals surface area (Å²) >= 11 is 0. The fraction of sp³-hybridized carbons (Fsp3) is 0. The second-order valence-electron chi connectivity index (χ2n) is 13.5. The highest BCUT2D eigenvalue weighted by Gasteiger charge is 2.18. The summed E-state index contributed by atoms with van der Waals surface area (Å²) < 4.78 is 11.1. The smallest absolute Gasteiger partial charge is 0.145 e. The molecule has 0 unspecified atom stereocenters. The minimum Gasteiger partial charge on any atom is -0.455 e. The van der Waals surface area contributed by atoms with Gasteiger partial charge in [0.1, 0.15) is 17.0 Å². The molecule has 0 saturated carbocycles. The Bertz CT molecular complexity index is 3150. The van der Waals surface area contributed by atoms with E-state index in [2.05, 4.69) is 160 Å². The molecule has 11 rings (SSSR count). The van der Waals surface area contributed by atoms with Gasteiger partial charge in [-0.2, -0.15) is 0 Å². The van der Waals surface area contributed by atoms with E-state index in [4.69, 9.17) is 9.40 Å². The lowest BCUT2D eigenvalue weighted by molar-refractivity contribution is 0.670. The normalized spacial score (nSPS) is 11.8. The van der Waals surface area contributed by atoms with Crippen LogP contribution in [0.3, 0.4) is 0 Å². The highest BCUT2D eigenvalue weighted by atomic mass is 16.3. The number of hydrogen-bond donors (Lipinski definition) is 0. The molecule has 0 N–H and O–H groups in total. The molecule has 0 aliphatic heterocycles. The zero-order valence-corrected chi connectivity index (χ0v) is 28.5. The first-order valence-corrected chi connectivity index (χ1v) is 17.8. The van der Waals surface area contributed by atoms with Gasteiger partial charge in [0.2, 0.25) is 0 Å². The largest absolute Gasteiger partial charge is 0.455 e. The molecule has 7 aromatic carbocycles. The Morgan fingerprint density at radius 2 is 1.11 bits per heavy atom. The van der Waals surface area contributed by atoms with Crippen LogP contribution in [0.2, 0.25) is 0 Å². The highest BCUT2D eigenvalue weighted by molar-refractivity contribution is 6.13. The van der Waals surface area contributed by atoms with Crippen LogP contribution < -0.4 is 0 Å². The Hall–Kier alpha value is -7.24. The molecule has 4 aromatic heterocycles. The maximum Gasteiger partial charge on any atom is 0.145 e. The maximum atomic E-state index is 6.43. The first-order chi connectivity index (χ1) is 26.3. The first-order valence-electron chi connectivity index (χ1n) is 17.8. The molecule has 11 aromatic rings. The topological polar surface area (TPSA) is 48.8 Å². The Balaban J connectivity index is 1.02. The molecule has 0 aliphatic carbocycles. The van der Waals surface area contributed by atoms with Crippen LogP contribution in [-0.4, -0.2) is 19.1 Å². The van der Waals surface area contributed by atoms with Crippen LogP contribution in [0, 0.1) is 0 Å². The molecular weight excluding hydrogens is 649 g/mol. The molecule has 0 spiro atoms. The fourth-order valence-electron chi connectivity index (χ4n) is 7.97. The number of furan rings is 1. The maximum absolute atomic E-state index is 6.43. The zero-order valence-electron chi connectivity index (χ0n) is 28.5. The van der Waals surface area contributed by atoms with Crippen LogP contribution in [0.1, 0.15) is 0 Å². The Morgan fingerprint density at radius 3 is 1.94 bits per heavy atom. The molecule has 248 valence electrons. The third-order valence-corrected chi connectivity index (χ3v) is 10.5. The summed E-state index contributed by atoms with van der Waals surface area (Å²) in [5, 5.41) is 4.69. The predicted octanol–water partition coefficient (Wildman–Crippen LogP) is 12.4. The molecule has 5 nitrogen and oxygen atoms in total. The van der Waals surface area contributed by atoms with Gasteiger partial charge in [0, 0.05) is 56.4 Å². The summed E-state index contributed by atoms with van der Waals surface area (Å²) in [6.07, 6.45) is 3.69. The Kier molecular flexibility index (Phi) is 6.48. The fourth-order valence-corrected chi connectivity index (χ4v) is 7.97. The van der Waals surface area contributed by atoms with Gasteiger partial charge in [-0.05, 0) is 83.4 Å². The van der Waals surface area contributed by atoms with Crippen LogP contribution in [0.15, 0.2) is 187 Å². The summed E-state index contributed by atoms with van der Waals surface area (Å²) in [6.45, 7) is 0. The van der Waals surface area contributed by atoms with Gasteiger partial charge in [-0.25, -0.2) is 4.98 Å². The number of pyridine rings is 1. The van der Waals surface area contributed by atoms with E-state index in [9.17, 15) is 0 Å². The van der Waals surface area contributed by atoms with Crippen molar-refractivity contribution in [2.24, 2.45) is 0 Å². The predicted molar refractivity (Wildman–Crippen MR) is 217 cm³/mol. The molecule has 0 bridgehead atoms. The van der Waals surface area contributed by atoms with Gasteiger partial charge in [0.15, 0.2) is 0 Å². The number of hydrogen-bond acceptors (Lipinski definition) is 3. The van der Waals surface area contributed by atoms with E-state index < -0.39 is 0 Å². The minimum absolute atomic E-state index is 0.903. The van der Waals surface area contributed by atoms with E-state index in [0.29, 0.717) is 0 Å². The molecule has 5 heteroatoms. The molecule has 0 aliphatic rings. The highest BCUT2D eigenvalue weighted by Crippen LogP contribution is 2.40. The average molecular weight is 679 g/mol. The van der Waals surface area contributed by atoms with Gasteiger partial charge in [0.05, 0.1) is 22.1 Å². The van der Waals surface area contributed by atoms with E-state index in [1.54, 1.807) is 6.20 Å². The van der Waals surface area contributed by atoms with Crippen molar-refractivity contribution in [3.8, 4) is 45.0 Å². The summed E-state index contributed by atoms with van der Waals surface area (Å²) in [5.41, 5.74) is 13.8. The van der Waals surface area contributed by atoms with Crippen molar-refractivity contribution in [2.75, 3.05) is 0 Å². The van der Waals surface area contributed by atoms with E-state index >= 15 is 0 Å². The zero-order chi connectivity index (χ0) is 34.9. The van der Waals surface area contributed by atoms with Gasteiger partial charge in [-0.1, -0.05) is 103 Å². The van der Waals surface area contributed by atoms with Crippen LogP contribution in [0.25, 0.3) is 99.8 Å². The van der Waals surface area contributed by atoms with Crippen molar-refractivity contribution in [3.05, 3.63) is 182 Å². The number of rotatable bonds is 5. The van der Waals surface area contributed by atoms with Crippen molar-refractivity contribution in [3.63, 3.8) is 0 Å². The van der Waals surface area contributed by atoms with Crippen molar-refractivity contribution in [2.45, 2.75) is 0 Å².